The molecule has 2 heterocycles. The summed E-state index contributed by atoms with van der Waals surface area (Å²) in [6.07, 6.45) is 6.88. The second kappa shape index (κ2) is 12.3. The van der Waals surface area contributed by atoms with E-state index < -0.39 is 0 Å². The lowest BCUT2D eigenvalue weighted by atomic mass is 9.93. The van der Waals surface area contributed by atoms with Crippen LogP contribution in [0.1, 0.15) is 52.4 Å². The minimum Gasteiger partial charge on any atom is -0.352 e. The van der Waals surface area contributed by atoms with Crippen LogP contribution in [0.15, 0.2) is 0 Å². The van der Waals surface area contributed by atoms with Crippen molar-refractivity contribution in [3.63, 3.8) is 0 Å². The zero-order valence-electron chi connectivity index (χ0n) is 14.7. The molecule has 2 unspecified atom stereocenters. The van der Waals surface area contributed by atoms with Crippen molar-refractivity contribution in [3.8, 4) is 0 Å². The van der Waals surface area contributed by atoms with E-state index in [0.29, 0.717) is 6.42 Å². The maximum atomic E-state index is 12.1. The average molecular weight is 368 g/mol. The van der Waals surface area contributed by atoms with Gasteiger partial charge in [-0.25, -0.2) is 0 Å². The Balaban J connectivity index is 0.00000242. The van der Waals surface area contributed by atoms with Gasteiger partial charge in [-0.3, -0.25) is 4.79 Å². The average Bonchev–Trinajstić information content (AvgIpc) is 2.46. The molecule has 2 N–H and O–H groups in total. The molecule has 2 aliphatic rings. The van der Waals surface area contributed by atoms with Crippen molar-refractivity contribution in [1.82, 2.24) is 15.5 Å². The fourth-order valence-corrected chi connectivity index (χ4v) is 3.74. The van der Waals surface area contributed by atoms with Gasteiger partial charge in [0.05, 0.1) is 0 Å². The molecule has 0 bridgehead atoms. The van der Waals surface area contributed by atoms with Crippen LogP contribution in [-0.4, -0.2) is 49.6 Å². The van der Waals surface area contributed by atoms with E-state index in [1.54, 1.807) is 0 Å². The quantitative estimate of drug-likeness (QED) is 0.758. The highest BCUT2D eigenvalue weighted by atomic mass is 35.5. The molecule has 0 aromatic carbocycles. The molecule has 0 aliphatic carbocycles. The lowest BCUT2D eigenvalue weighted by Crippen LogP contribution is -2.45. The summed E-state index contributed by atoms with van der Waals surface area (Å²) in [5.41, 5.74) is 0. The SMILES string of the molecule is CC1CCCN(CC(C)NC(=O)CCC2CCNCC2)C1.Cl.Cl. The Morgan fingerprint density at radius 2 is 1.96 bits per heavy atom. The van der Waals surface area contributed by atoms with E-state index in [2.05, 4.69) is 29.4 Å². The number of hydrogen-bond donors (Lipinski definition) is 2. The fraction of sp³-hybridized carbons (Fsp3) is 0.941. The molecule has 23 heavy (non-hydrogen) atoms. The first-order valence-corrected chi connectivity index (χ1v) is 8.86. The summed E-state index contributed by atoms with van der Waals surface area (Å²) >= 11 is 0. The molecule has 0 aromatic rings. The monoisotopic (exact) mass is 367 g/mol. The summed E-state index contributed by atoms with van der Waals surface area (Å²) in [4.78, 5) is 14.6. The molecule has 2 rings (SSSR count). The minimum atomic E-state index is 0. The largest absolute Gasteiger partial charge is 0.352 e. The summed E-state index contributed by atoms with van der Waals surface area (Å²) in [7, 11) is 0. The van der Waals surface area contributed by atoms with Gasteiger partial charge in [0.25, 0.3) is 0 Å². The van der Waals surface area contributed by atoms with E-state index in [1.807, 2.05) is 0 Å². The molecule has 1 amide bonds. The Morgan fingerprint density at radius 3 is 2.61 bits per heavy atom. The van der Waals surface area contributed by atoms with E-state index in [0.717, 1.165) is 37.9 Å². The summed E-state index contributed by atoms with van der Waals surface area (Å²) < 4.78 is 0. The van der Waals surface area contributed by atoms with Crippen molar-refractivity contribution >= 4 is 30.7 Å². The summed E-state index contributed by atoms with van der Waals surface area (Å²) in [5.74, 6) is 1.79. The predicted octanol–water partition coefficient (Wildman–Crippen LogP) is 2.85. The van der Waals surface area contributed by atoms with Gasteiger partial charge in [0.15, 0.2) is 0 Å². The van der Waals surface area contributed by atoms with Gasteiger partial charge in [-0.1, -0.05) is 6.92 Å². The molecular formula is C17H35Cl2N3O. The van der Waals surface area contributed by atoms with E-state index >= 15 is 0 Å². The molecule has 0 spiro atoms. The minimum absolute atomic E-state index is 0. The maximum Gasteiger partial charge on any atom is 0.220 e. The molecule has 0 radical (unpaired) electrons. The first-order valence-electron chi connectivity index (χ1n) is 8.86. The van der Waals surface area contributed by atoms with Gasteiger partial charge >= 0.3 is 0 Å². The Hall–Kier alpha value is -0.0300. The molecule has 0 aromatic heterocycles. The molecule has 2 aliphatic heterocycles. The van der Waals surface area contributed by atoms with Crippen molar-refractivity contribution < 1.29 is 4.79 Å². The van der Waals surface area contributed by atoms with Crippen molar-refractivity contribution in [2.45, 2.75) is 58.4 Å². The second-order valence-corrected chi connectivity index (χ2v) is 7.21. The van der Waals surface area contributed by atoms with Crippen LogP contribution in [0.3, 0.4) is 0 Å². The first-order chi connectivity index (χ1) is 10.1. The lowest BCUT2D eigenvalue weighted by molar-refractivity contribution is -0.122. The number of carbonyl (C=O) groups excluding carboxylic acids is 1. The highest BCUT2D eigenvalue weighted by Gasteiger charge is 2.19. The van der Waals surface area contributed by atoms with Crippen LogP contribution in [0.4, 0.5) is 0 Å². The van der Waals surface area contributed by atoms with Crippen molar-refractivity contribution in [1.29, 1.82) is 0 Å². The maximum absolute atomic E-state index is 12.1. The summed E-state index contributed by atoms with van der Waals surface area (Å²) in [5, 5.41) is 6.56. The number of nitrogens with zero attached hydrogens (tertiary/aromatic N) is 1. The number of likely N-dealkylation sites (tertiary alicyclic amines) is 1. The Labute approximate surface area is 154 Å². The van der Waals surface area contributed by atoms with Crippen LogP contribution in [0.5, 0.6) is 0 Å². The van der Waals surface area contributed by atoms with Gasteiger partial charge in [-0.15, -0.1) is 24.8 Å². The number of amides is 1. The smallest absolute Gasteiger partial charge is 0.220 e. The summed E-state index contributed by atoms with van der Waals surface area (Å²) in [6, 6.07) is 0.274. The van der Waals surface area contributed by atoms with Gasteiger partial charge in [-0.2, -0.15) is 0 Å². The number of carbonyl (C=O) groups is 1. The van der Waals surface area contributed by atoms with Crippen LogP contribution < -0.4 is 10.6 Å². The van der Waals surface area contributed by atoms with Crippen molar-refractivity contribution in [3.05, 3.63) is 0 Å². The van der Waals surface area contributed by atoms with Gasteiger partial charge in [0.2, 0.25) is 5.91 Å². The van der Waals surface area contributed by atoms with Crippen molar-refractivity contribution in [2.24, 2.45) is 11.8 Å². The highest BCUT2D eigenvalue weighted by molar-refractivity contribution is 5.85. The third-order valence-corrected chi connectivity index (χ3v) is 4.92. The van der Waals surface area contributed by atoms with Crippen LogP contribution in [0.2, 0.25) is 0 Å². The molecule has 4 nitrogen and oxygen atoms in total. The molecule has 138 valence electrons. The van der Waals surface area contributed by atoms with Gasteiger partial charge in [0.1, 0.15) is 0 Å². The molecule has 2 saturated heterocycles. The standard InChI is InChI=1S/C17H33N3O.2ClH/c1-14-4-3-11-20(12-14)13-15(2)19-17(21)6-5-16-7-9-18-10-8-16;;/h14-16,18H,3-13H2,1-2H3,(H,19,21);2*1H. The Kier molecular flexibility index (Phi) is 12.3. The molecule has 6 heteroatoms. The van der Waals surface area contributed by atoms with Gasteiger partial charge < -0.3 is 15.5 Å². The number of nitrogens with one attached hydrogen (secondary N) is 2. The predicted molar refractivity (Wildman–Crippen MR) is 102 cm³/mol. The molecular weight excluding hydrogens is 333 g/mol. The normalized spacial score (nSPS) is 24.2. The van der Waals surface area contributed by atoms with Crippen LogP contribution >= 0.6 is 24.8 Å². The van der Waals surface area contributed by atoms with E-state index in [-0.39, 0.29) is 36.8 Å². The number of rotatable bonds is 6. The van der Waals surface area contributed by atoms with E-state index in [4.69, 9.17) is 0 Å². The number of halogens is 2. The first kappa shape index (κ1) is 23.0. The molecule has 2 atom stereocenters. The van der Waals surface area contributed by atoms with Gasteiger partial charge in [-0.05, 0) is 70.5 Å². The third-order valence-electron chi connectivity index (χ3n) is 4.92. The zero-order chi connectivity index (χ0) is 15.1. The van der Waals surface area contributed by atoms with E-state index in [9.17, 15) is 4.79 Å². The van der Waals surface area contributed by atoms with Crippen LogP contribution in [0, 0.1) is 11.8 Å². The lowest BCUT2D eigenvalue weighted by Gasteiger charge is -2.33. The second-order valence-electron chi connectivity index (χ2n) is 7.21. The number of hydrogen-bond acceptors (Lipinski definition) is 3. The topological polar surface area (TPSA) is 44.4 Å². The van der Waals surface area contributed by atoms with E-state index in [1.165, 1.54) is 38.8 Å². The van der Waals surface area contributed by atoms with Crippen LogP contribution in [-0.2, 0) is 4.79 Å². The third kappa shape index (κ3) is 9.13. The van der Waals surface area contributed by atoms with Crippen LogP contribution in [0.25, 0.3) is 0 Å². The zero-order valence-corrected chi connectivity index (χ0v) is 16.3. The Bertz CT molecular complexity index is 325. The fourth-order valence-electron chi connectivity index (χ4n) is 3.74. The number of piperidine rings is 2. The van der Waals surface area contributed by atoms with Crippen molar-refractivity contribution in [2.75, 3.05) is 32.7 Å². The van der Waals surface area contributed by atoms with Gasteiger partial charge in [0, 0.05) is 25.6 Å². The molecule has 2 fully saturated rings. The molecule has 0 saturated carbocycles. The Morgan fingerprint density at radius 1 is 1.26 bits per heavy atom. The highest BCUT2D eigenvalue weighted by Crippen LogP contribution is 2.18. The summed E-state index contributed by atoms with van der Waals surface area (Å²) in [6.45, 7) is 10.1.